The third kappa shape index (κ3) is 3.59. The molecule has 1 unspecified atom stereocenters. The SMILES string of the molecule is CC.O=C1CCCC(F)C1. The number of Topliss-reactive ketones (excluding diaryl/α,β-unsaturated/α-hetero) is 1. The largest absolute Gasteiger partial charge is 0.300 e. The third-order valence-electron chi connectivity index (χ3n) is 1.42. The predicted molar refractivity (Wildman–Crippen MR) is 39.7 cm³/mol. The lowest BCUT2D eigenvalue weighted by atomic mass is 9.98. The van der Waals surface area contributed by atoms with Crippen LogP contribution in [-0.2, 0) is 4.79 Å². The maximum Gasteiger partial charge on any atom is 0.135 e. The molecule has 0 radical (unpaired) electrons. The minimum Gasteiger partial charge on any atom is -0.300 e. The van der Waals surface area contributed by atoms with Crippen molar-refractivity contribution in [2.45, 2.75) is 45.7 Å². The molecule has 0 spiro atoms. The number of carbonyl (C=O) groups is 1. The summed E-state index contributed by atoms with van der Waals surface area (Å²) >= 11 is 0. The molecule has 1 nitrogen and oxygen atoms in total. The third-order valence-corrected chi connectivity index (χ3v) is 1.42. The zero-order chi connectivity index (χ0) is 7.98. The Kier molecular flexibility index (Phi) is 5.17. The summed E-state index contributed by atoms with van der Waals surface area (Å²) in [5.74, 6) is 0.0868. The normalized spacial score (nSPS) is 25.1. The van der Waals surface area contributed by atoms with Gasteiger partial charge >= 0.3 is 0 Å². The number of rotatable bonds is 0. The molecule has 0 aliphatic heterocycles. The van der Waals surface area contributed by atoms with Crippen molar-refractivity contribution in [2.24, 2.45) is 0 Å². The first-order valence-corrected chi connectivity index (χ1v) is 3.95. The van der Waals surface area contributed by atoms with E-state index in [2.05, 4.69) is 0 Å². The van der Waals surface area contributed by atoms with Gasteiger partial charge in [-0.3, -0.25) is 4.79 Å². The Bertz CT molecular complexity index is 101. The molecular weight excluding hydrogens is 131 g/mol. The summed E-state index contributed by atoms with van der Waals surface area (Å²) < 4.78 is 12.2. The van der Waals surface area contributed by atoms with Crippen LogP contribution in [0.2, 0.25) is 0 Å². The molecule has 0 aromatic carbocycles. The molecule has 0 amide bonds. The lowest BCUT2D eigenvalue weighted by molar-refractivity contribution is -0.121. The lowest BCUT2D eigenvalue weighted by Crippen LogP contribution is -2.14. The Morgan fingerprint density at radius 1 is 1.50 bits per heavy atom. The molecular formula is C8H15FO. The molecule has 10 heavy (non-hydrogen) atoms. The molecule has 1 aliphatic carbocycles. The summed E-state index contributed by atoms with van der Waals surface area (Å²) in [4.78, 5) is 10.4. The van der Waals surface area contributed by atoms with E-state index in [9.17, 15) is 9.18 Å². The number of hydrogen-bond donors (Lipinski definition) is 0. The van der Waals surface area contributed by atoms with E-state index in [1.54, 1.807) is 0 Å². The van der Waals surface area contributed by atoms with Crippen LogP contribution < -0.4 is 0 Å². The highest BCUT2D eigenvalue weighted by atomic mass is 19.1. The molecule has 0 saturated heterocycles. The summed E-state index contributed by atoms with van der Waals surface area (Å²) in [6.07, 6.45) is 1.27. The van der Waals surface area contributed by atoms with Gasteiger partial charge in [-0.05, 0) is 12.8 Å². The highest BCUT2D eigenvalue weighted by molar-refractivity contribution is 5.79. The van der Waals surface area contributed by atoms with Gasteiger partial charge in [-0.2, -0.15) is 0 Å². The molecule has 1 fully saturated rings. The second-order valence-electron chi connectivity index (χ2n) is 2.23. The second-order valence-corrected chi connectivity index (χ2v) is 2.23. The van der Waals surface area contributed by atoms with E-state index in [0.29, 0.717) is 12.8 Å². The average molecular weight is 146 g/mol. The fraction of sp³-hybridized carbons (Fsp3) is 0.875. The zero-order valence-electron chi connectivity index (χ0n) is 6.69. The monoisotopic (exact) mass is 146 g/mol. The molecule has 60 valence electrons. The zero-order valence-corrected chi connectivity index (χ0v) is 6.69. The Morgan fingerprint density at radius 3 is 2.40 bits per heavy atom. The summed E-state index contributed by atoms with van der Waals surface area (Å²) in [6.45, 7) is 4.00. The topological polar surface area (TPSA) is 17.1 Å². The molecule has 1 rings (SSSR count). The van der Waals surface area contributed by atoms with Gasteiger partial charge < -0.3 is 0 Å². The van der Waals surface area contributed by atoms with Gasteiger partial charge in [-0.25, -0.2) is 4.39 Å². The van der Waals surface area contributed by atoms with Gasteiger partial charge in [-0.15, -0.1) is 0 Å². The molecule has 1 atom stereocenters. The molecule has 0 heterocycles. The maximum atomic E-state index is 12.2. The van der Waals surface area contributed by atoms with Crippen molar-refractivity contribution in [2.75, 3.05) is 0 Å². The standard InChI is InChI=1S/C6H9FO.C2H6/c7-5-2-1-3-6(8)4-5;1-2/h5H,1-4H2;1-2H3. The van der Waals surface area contributed by atoms with Gasteiger partial charge in [0.1, 0.15) is 12.0 Å². The van der Waals surface area contributed by atoms with E-state index in [4.69, 9.17) is 0 Å². The average Bonchev–Trinajstić information content (AvgIpc) is 1.91. The first-order valence-electron chi connectivity index (χ1n) is 3.95. The molecule has 0 bridgehead atoms. The van der Waals surface area contributed by atoms with Crippen molar-refractivity contribution < 1.29 is 9.18 Å². The van der Waals surface area contributed by atoms with Gasteiger partial charge in [0.25, 0.3) is 0 Å². The number of halogens is 1. The molecule has 0 aromatic rings. The number of alkyl halides is 1. The van der Waals surface area contributed by atoms with Crippen molar-refractivity contribution in [3.63, 3.8) is 0 Å². The Balaban J connectivity index is 0.000000371. The van der Waals surface area contributed by atoms with E-state index in [-0.39, 0.29) is 12.2 Å². The number of carbonyl (C=O) groups excluding carboxylic acids is 1. The summed E-state index contributed by atoms with van der Waals surface area (Å²) in [5, 5.41) is 0. The van der Waals surface area contributed by atoms with Gasteiger partial charge in [0.05, 0.1) is 0 Å². The fourth-order valence-corrected chi connectivity index (χ4v) is 0.972. The van der Waals surface area contributed by atoms with Crippen LogP contribution in [0.1, 0.15) is 39.5 Å². The molecule has 0 aromatic heterocycles. The van der Waals surface area contributed by atoms with Crippen LogP contribution >= 0.6 is 0 Å². The highest BCUT2D eigenvalue weighted by Crippen LogP contribution is 2.16. The fourth-order valence-electron chi connectivity index (χ4n) is 0.972. The maximum absolute atomic E-state index is 12.2. The molecule has 2 heteroatoms. The molecule has 1 aliphatic rings. The highest BCUT2D eigenvalue weighted by Gasteiger charge is 2.17. The quantitative estimate of drug-likeness (QED) is 0.513. The Morgan fingerprint density at radius 2 is 2.10 bits per heavy atom. The smallest absolute Gasteiger partial charge is 0.135 e. The summed E-state index contributed by atoms with van der Waals surface area (Å²) in [6, 6.07) is 0. The van der Waals surface area contributed by atoms with Gasteiger partial charge in [0, 0.05) is 12.8 Å². The van der Waals surface area contributed by atoms with Crippen LogP contribution in [0.25, 0.3) is 0 Å². The van der Waals surface area contributed by atoms with Crippen molar-refractivity contribution in [1.82, 2.24) is 0 Å². The van der Waals surface area contributed by atoms with E-state index in [0.717, 1.165) is 6.42 Å². The number of hydrogen-bond acceptors (Lipinski definition) is 1. The summed E-state index contributed by atoms with van der Waals surface area (Å²) in [7, 11) is 0. The minimum absolute atomic E-state index is 0.0868. The Hall–Kier alpha value is -0.400. The van der Waals surface area contributed by atoms with Crippen molar-refractivity contribution in [1.29, 1.82) is 0 Å². The first kappa shape index (κ1) is 9.60. The Labute approximate surface area is 61.6 Å². The van der Waals surface area contributed by atoms with Crippen molar-refractivity contribution in [3.8, 4) is 0 Å². The molecule has 0 N–H and O–H groups in total. The van der Waals surface area contributed by atoms with Crippen LogP contribution in [-0.4, -0.2) is 12.0 Å². The van der Waals surface area contributed by atoms with Crippen molar-refractivity contribution >= 4 is 5.78 Å². The molecule has 1 saturated carbocycles. The number of ketones is 1. The van der Waals surface area contributed by atoms with Crippen LogP contribution in [0.15, 0.2) is 0 Å². The predicted octanol–water partition coefficient (Wildman–Crippen LogP) is 2.49. The van der Waals surface area contributed by atoms with E-state index in [1.165, 1.54) is 0 Å². The van der Waals surface area contributed by atoms with Gasteiger partial charge in [-0.1, -0.05) is 13.8 Å². The van der Waals surface area contributed by atoms with E-state index >= 15 is 0 Å². The van der Waals surface area contributed by atoms with Crippen molar-refractivity contribution in [3.05, 3.63) is 0 Å². The van der Waals surface area contributed by atoms with Gasteiger partial charge in [0.15, 0.2) is 0 Å². The van der Waals surface area contributed by atoms with Crippen LogP contribution in [0.4, 0.5) is 4.39 Å². The van der Waals surface area contributed by atoms with Crippen LogP contribution in [0, 0.1) is 0 Å². The van der Waals surface area contributed by atoms with E-state index < -0.39 is 6.17 Å². The summed E-state index contributed by atoms with van der Waals surface area (Å²) in [5.41, 5.74) is 0. The second kappa shape index (κ2) is 5.39. The van der Waals surface area contributed by atoms with E-state index in [1.807, 2.05) is 13.8 Å². The van der Waals surface area contributed by atoms with Gasteiger partial charge in [0.2, 0.25) is 0 Å². The minimum atomic E-state index is -0.837. The first-order chi connectivity index (χ1) is 4.79. The van der Waals surface area contributed by atoms with Crippen LogP contribution in [0.5, 0.6) is 0 Å². The van der Waals surface area contributed by atoms with Crippen LogP contribution in [0.3, 0.4) is 0 Å². The lowest BCUT2D eigenvalue weighted by Gasteiger charge is -2.11.